The largest absolute Gasteiger partial charge is 0.492 e. The highest BCUT2D eigenvalue weighted by molar-refractivity contribution is 7.91. The van der Waals surface area contributed by atoms with E-state index in [2.05, 4.69) is 0 Å². The third-order valence-corrected chi connectivity index (χ3v) is 6.76. The summed E-state index contributed by atoms with van der Waals surface area (Å²) in [6.07, 6.45) is 0. The summed E-state index contributed by atoms with van der Waals surface area (Å²) in [7, 11) is -1.25. The molecule has 0 saturated carbocycles. The molecule has 0 N–H and O–H groups in total. The van der Waals surface area contributed by atoms with Gasteiger partial charge in [-0.05, 0) is 30.2 Å². The Morgan fingerprint density at radius 1 is 1.10 bits per heavy atom. The van der Waals surface area contributed by atoms with Crippen molar-refractivity contribution in [1.29, 1.82) is 0 Å². The van der Waals surface area contributed by atoms with Crippen LogP contribution in [0, 0.1) is 6.92 Å². The zero-order valence-electron chi connectivity index (χ0n) is 17.0. The number of hydrogen-bond donors (Lipinski definition) is 0. The lowest BCUT2D eigenvalue weighted by Gasteiger charge is -2.35. The fraction of sp³-hybridized carbons (Fsp3) is 0.409. The third-order valence-electron chi connectivity index (χ3n) is 5.15. The number of nitrogens with zero attached hydrogens (tertiary/aromatic N) is 2. The second-order valence-electron chi connectivity index (χ2n) is 7.43. The zero-order chi connectivity index (χ0) is 20.9. The molecule has 1 fully saturated rings. The van der Waals surface area contributed by atoms with E-state index in [4.69, 9.17) is 4.74 Å². The molecular formula is C22H28N2O4S. The van der Waals surface area contributed by atoms with Crippen LogP contribution < -0.4 is 4.74 Å². The second kappa shape index (κ2) is 9.41. The van der Waals surface area contributed by atoms with Gasteiger partial charge in [0.15, 0.2) is 9.84 Å². The number of benzene rings is 2. The number of rotatable bonds is 7. The van der Waals surface area contributed by atoms with E-state index in [0.717, 1.165) is 16.9 Å². The topological polar surface area (TPSA) is 66.9 Å². The van der Waals surface area contributed by atoms with Gasteiger partial charge in [-0.1, -0.05) is 42.5 Å². The van der Waals surface area contributed by atoms with E-state index in [-0.39, 0.29) is 17.4 Å². The lowest BCUT2D eigenvalue weighted by Crippen LogP contribution is -2.48. The molecule has 1 amide bonds. The van der Waals surface area contributed by atoms with Gasteiger partial charge in [0.05, 0.1) is 18.1 Å². The van der Waals surface area contributed by atoms with Gasteiger partial charge in [0.2, 0.25) is 5.91 Å². The van der Waals surface area contributed by atoms with Gasteiger partial charge in [0, 0.05) is 20.1 Å². The Bertz CT molecular complexity index is 917. The summed E-state index contributed by atoms with van der Waals surface area (Å²) in [5, 5.41) is 0. The van der Waals surface area contributed by atoms with E-state index < -0.39 is 15.9 Å². The van der Waals surface area contributed by atoms with Crippen molar-refractivity contribution in [3.63, 3.8) is 0 Å². The molecule has 0 aromatic heterocycles. The Morgan fingerprint density at radius 3 is 2.45 bits per heavy atom. The minimum absolute atomic E-state index is 0.0525. The molecule has 0 aliphatic carbocycles. The summed E-state index contributed by atoms with van der Waals surface area (Å²) in [5.74, 6) is 0.906. The van der Waals surface area contributed by atoms with E-state index in [1.807, 2.05) is 66.4 Å². The number of carbonyl (C=O) groups is 1. The second-order valence-corrected chi connectivity index (χ2v) is 9.73. The first-order valence-electron chi connectivity index (χ1n) is 9.79. The number of ether oxygens (including phenoxy) is 1. The van der Waals surface area contributed by atoms with Gasteiger partial charge < -0.3 is 9.64 Å². The van der Waals surface area contributed by atoms with Gasteiger partial charge in [-0.15, -0.1) is 0 Å². The number of aryl methyl sites for hydroxylation is 1. The minimum Gasteiger partial charge on any atom is -0.492 e. The molecule has 1 heterocycles. The molecule has 7 heteroatoms. The molecule has 0 radical (unpaired) electrons. The molecule has 0 spiro atoms. The van der Waals surface area contributed by atoms with Crippen LogP contribution in [-0.2, 0) is 14.6 Å². The highest BCUT2D eigenvalue weighted by Gasteiger charge is 2.33. The molecular weight excluding hydrogens is 388 g/mol. The van der Waals surface area contributed by atoms with Gasteiger partial charge >= 0.3 is 0 Å². The predicted octanol–water partition coefficient (Wildman–Crippen LogP) is 2.30. The van der Waals surface area contributed by atoms with Crippen LogP contribution in [0.3, 0.4) is 0 Å². The minimum atomic E-state index is -3.01. The van der Waals surface area contributed by atoms with Crippen molar-refractivity contribution in [3.05, 3.63) is 65.7 Å². The first kappa shape index (κ1) is 21.3. The number of sulfone groups is 1. The van der Waals surface area contributed by atoms with E-state index in [0.29, 0.717) is 26.2 Å². The van der Waals surface area contributed by atoms with Crippen LogP contribution in [0.1, 0.15) is 17.2 Å². The Labute approximate surface area is 173 Å². The first-order chi connectivity index (χ1) is 13.9. The molecule has 156 valence electrons. The van der Waals surface area contributed by atoms with Crippen LogP contribution >= 0.6 is 0 Å². The fourth-order valence-corrected chi connectivity index (χ4v) is 4.68. The maximum absolute atomic E-state index is 13.3. The van der Waals surface area contributed by atoms with Gasteiger partial charge in [-0.25, -0.2) is 8.42 Å². The van der Waals surface area contributed by atoms with Gasteiger partial charge in [0.1, 0.15) is 18.4 Å². The summed E-state index contributed by atoms with van der Waals surface area (Å²) < 4.78 is 29.4. The number of likely N-dealkylation sites (N-methyl/N-ethyl adjacent to an activating group) is 1. The Morgan fingerprint density at radius 2 is 1.79 bits per heavy atom. The van der Waals surface area contributed by atoms with E-state index in [1.54, 1.807) is 11.9 Å². The van der Waals surface area contributed by atoms with Gasteiger partial charge in [0.25, 0.3) is 0 Å². The van der Waals surface area contributed by atoms with Crippen molar-refractivity contribution in [2.45, 2.75) is 13.0 Å². The Balaban J connectivity index is 1.67. The molecule has 1 aliphatic rings. The highest BCUT2D eigenvalue weighted by atomic mass is 32.2. The van der Waals surface area contributed by atoms with Crippen LogP contribution in [0.25, 0.3) is 0 Å². The summed E-state index contributed by atoms with van der Waals surface area (Å²) in [6.45, 7) is 3.57. The Kier molecular flexibility index (Phi) is 6.92. The standard InChI is InChI=1S/C22H28N2O4S/c1-18-7-6-10-20(17-18)28-14-11-23(2)22(25)21(19-8-4-3-5-9-19)24-12-15-29(26,27)16-13-24/h3-10,17,21H,11-16H2,1-2H3. The van der Waals surface area contributed by atoms with Crippen LogP contribution in [0.4, 0.5) is 0 Å². The highest BCUT2D eigenvalue weighted by Crippen LogP contribution is 2.25. The van der Waals surface area contributed by atoms with E-state index in [9.17, 15) is 13.2 Å². The molecule has 1 saturated heterocycles. The molecule has 1 atom stereocenters. The van der Waals surface area contributed by atoms with E-state index >= 15 is 0 Å². The normalized spacial score (nSPS) is 17.4. The summed E-state index contributed by atoms with van der Waals surface area (Å²) >= 11 is 0. The molecule has 2 aromatic carbocycles. The summed E-state index contributed by atoms with van der Waals surface area (Å²) in [4.78, 5) is 16.9. The number of amides is 1. The van der Waals surface area contributed by atoms with Gasteiger partial charge in [-0.2, -0.15) is 0 Å². The molecule has 29 heavy (non-hydrogen) atoms. The van der Waals surface area contributed by atoms with Crippen molar-refractivity contribution >= 4 is 15.7 Å². The van der Waals surface area contributed by atoms with Crippen LogP contribution in [0.2, 0.25) is 0 Å². The molecule has 1 aliphatic heterocycles. The zero-order valence-corrected chi connectivity index (χ0v) is 17.8. The van der Waals surface area contributed by atoms with Crippen molar-refractivity contribution in [2.24, 2.45) is 0 Å². The average molecular weight is 417 g/mol. The van der Waals surface area contributed by atoms with Gasteiger partial charge in [-0.3, -0.25) is 9.69 Å². The molecule has 2 aromatic rings. The molecule has 0 bridgehead atoms. The van der Waals surface area contributed by atoms with Crippen molar-refractivity contribution < 1.29 is 17.9 Å². The average Bonchev–Trinajstić information content (AvgIpc) is 2.70. The SMILES string of the molecule is Cc1cccc(OCCN(C)C(=O)C(c2ccccc2)N2CCS(=O)(=O)CC2)c1. The first-order valence-corrected chi connectivity index (χ1v) is 11.6. The van der Waals surface area contributed by atoms with Crippen molar-refractivity contribution in [2.75, 3.05) is 44.8 Å². The monoisotopic (exact) mass is 416 g/mol. The lowest BCUT2D eigenvalue weighted by atomic mass is 10.0. The number of hydrogen-bond acceptors (Lipinski definition) is 5. The van der Waals surface area contributed by atoms with Crippen LogP contribution in [0.5, 0.6) is 5.75 Å². The quantitative estimate of drug-likeness (QED) is 0.693. The van der Waals surface area contributed by atoms with Crippen LogP contribution in [0.15, 0.2) is 54.6 Å². The lowest BCUT2D eigenvalue weighted by molar-refractivity contribution is -0.136. The Hall–Kier alpha value is -2.38. The summed E-state index contributed by atoms with van der Waals surface area (Å²) in [5.41, 5.74) is 2.00. The van der Waals surface area contributed by atoms with E-state index in [1.165, 1.54) is 0 Å². The van der Waals surface area contributed by atoms with Crippen LogP contribution in [-0.4, -0.2) is 68.9 Å². The molecule has 3 rings (SSSR count). The maximum atomic E-state index is 13.3. The summed E-state index contributed by atoms with van der Waals surface area (Å²) in [6, 6.07) is 16.9. The maximum Gasteiger partial charge on any atom is 0.244 e. The van der Waals surface area contributed by atoms with Crippen molar-refractivity contribution in [3.8, 4) is 5.75 Å². The fourth-order valence-electron chi connectivity index (χ4n) is 3.45. The predicted molar refractivity (Wildman–Crippen MR) is 114 cm³/mol. The molecule has 6 nitrogen and oxygen atoms in total. The van der Waals surface area contributed by atoms with Crippen molar-refractivity contribution in [1.82, 2.24) is 9.80 Å². The number of carbonyl (C=O) groups excluding carboxylic acids is 1. The molecule has 1 unspecified atom stereocenters. The smallest absolute Gasteiger partial charge is 0.244 e. The third kappa shape index (κ3) is 5.81.